The van der Waals surface area contributed by atoms with Crippen LogP contribution in [0.25, 0.3) is 0 Å². The van der Waals surface area contributed by atoms with Crippen LogP contribution in [-0.4, -0.2) is 37.0 Å². The summed E-state index contributed by atoms with van der Waals surface area (Å²) in [6.45, 7) is 0.492. The molecule has 12 nitrogen and oxygen atoms in total. The SMILES string of the molecule is O=C(NCc1ccc(N(c2cccc(O[B]Oc3cccc(N(c4ccc(CNC(=O)c5ccccc5)s4)S(=O)O)c3)c2)S(=O)O)s1)c1ccccc1. The van der Waals surface area contributed by atoms with Crippen molar-refractivity contribution in [2.75, 3.05) is 8.61 Å². The molecule has 0 saturated heterocycles. The van der Waals surface area contributed by atoms with Crippen LogP contribution in [0.1, 0.15) is 30.5 Å². The Morgan fingerprint density at radius 3 is 1.40 bits per heavy atom. The van der Waals surface area contributed by atoms with E-state index >= 15 is 0 Å². The van der Waals surface area contributed by atoms with Gasteiger partial charge in [-0.1, -0.05) is 48.5 Å². The Morgan fingerprint density at radius 1 is 0.585 bits per heavy atom. The number of thiophene rings is 2. The fourth-order valence-electron chi connectivity index (χ4n) is 4.95. The van der Waals surface area contributed by atoms with E-state index in [1.54, 1.807) is 121 Å². The van der Waals surface area contributed by atoms with Gasteiger partial charge in [0.25, 0.3) is 34.3 Å². The molecule has 0 saturated carbocycles. The second-order valence-corrected chi connectivity index (χ2v) is 14.9. The van der Waals surface area contributed by atoms with E-state index in [9.17, 15) is 27.1 Å². The first kappa shape index (κ1) is 37.5. The normalized spacial score (nSPS) is 11.9. The van der Waals surface area contributed by atoms with Gasteiger partial charge in [0, 0.05) is 33.0 Å². The van der Waals surface area contributed by atoms with Crippen LogP contribution in [0.4, 0.5) is 21.4 Å². The van der Waals surface area contributed by atoms with E-state index in [1.807, 2.05) is 12.1 Å². The molecule has 17 heteroatoms. The van der Waals surface area contributed by atoms with Gasteiger partial charge >= 0.3 is 7.69 Å². The molecule has 1 radical (unpaired) electrons. The molecule has 0 aliphatic carbocycles. The summed E-state index contributed by atoms with van der Waals surface area (Å²) in [6.07, 6.45) is 0. The number of nitrogens with zero attached hydrogens (tertiary/aromatic N) is 2. The van der Waals surface area contributed by atoms with E-state index in [-0.39, 0.29) is 24.9 Å². The second-order valence-electron chi connectivity index (χ2n) is 11.0. The highest BCUT2D eigenvalue weighted by Gasteiger charge is 2.21. The van der Waals surface area contributed by atoms with Gasteiger partial charge < -0.3 is 19.9 Å². The van der Waals surface area contributed by atoms with Gasteiger partial charge in [-0.2, -0.15) is 0 Å². The topological polar surface area (TPSA) is 158 Å². The van der Waals surface area contributed by atoms with Crippen LogP contribution in [-0.2, 0) is 35.6 Å². The van der Waals surface area contributed by atoms with E-state index in [0.29, 0.717) is 44.0 Å². The molecule has 0 spiro atoms. The average molecular weight is 786 g/mol. The van der Waals surface area contributed by atoms with Crippen molar-refractivity contribution in [3.63, 3.8) is 0 Å². The summed E-state index contributed by atoms with van der Waals surface area (Å²) in [4.78, 5) is 26.5. The number of carbonyl (C=O) groups is 2. The van der Waals surface area contributed by atoms with Crippen molar-refractivity contribution in [1.82, 2.24) is 10.6 Å². The van der Waals surface area contributed by atoms with Crippen molar-refractivity contribution in [1.29, 1.82) is 0 Å². The summed E-state index contributed by atoms with van der Waals surface area (Å²) < 4.78 is 59.1. The van der Waals surface area contributed by atoms with Crippen molar-refractivity contribution >= 4 is 86.1 Å². The van der Waals surface area contributed by atoms with Gasteiger partial charge in [-0.25, -0.2) is 17.0 Å². The predicted molar refractivity (Wildman–Crippen MR) is 210 cm³/mol. The van der Waals surface area contributed by atoms with Crippen LogP contribution in [0.15, 0.2) is 133 Å². The van der Waals surface area contributed by atoms with Crippen LogP contribution in [0.3, 0.4) is 0 Å². The van der Waals surface area contributed by atoms with Gasteiger partial charge in [0.15, 0.2) is 0 Å². The first-order valence-electron chi connectivity index (χ1n) is 15.8. The molecule has 0 fully saturated rings. The minimum absolute atomic E-state index is 0.224. The first-order valence-corrected chi connectivity index (χ1v) is 19.5. The second kappa shape index (κ2) is 18.0. The fourth-order valence-corrected chi connectivity index (χ4v) is 8.32. The summed E-state index contributed by atoms with van der Waals surface area (Å²) in [5.41, 5.74) is 1.81. The van der Waals surface area contributed by atoms with Crippen LogP contribution in [0, 0.1) is 0 Å². The van der Waals surface area contributed by atoms with Crippen molar-refractivity contribution in [3.05, 3.63) is 154 Å². The lowest BCUT2D eigenvalue weighted by Crippen LogP contribution is -2.22. The van der Waals surface area contributed by atoms with Crippen LogP contribution < -0.4 is 28.6 Å². The standard InChI is InChI=1S/C36H30BN4O8S4/c42-35(25-9-3-1-4-10-25)38-23-31-17-19-33(50-31)40(52(44)45)27-13-7-15-29(21-27)48-37-49-30-16-8-14-28(22-30)41(53(46)47)34-20-18-32(51-34)24-39-36(43)26-11-5-2-6-12-26/h1-22H,23-24H2,(H,38,42)(H,39,43)(H,44,45)(H,46,47). The number of rotatable bonds is 16. The zero-order valence-corrected chi connectivity index (χ0v) is 30.8. The average Bonchev–Trinajstić information content (AvgIpc) is 3.84. The summed E-state index contributed by atoms with van der Waals surface area (Å²) in [5, 5.41) is 6.66. The quantitative estimate of drug-likeness (QED) is 0.0593. The molecular weight excluding hydrogens is 755 g/mol. The van der Waals surface area contributed by atoms with E-state index in [2.05, 4.69) is 10.6 Å². The van der Waals surface area contributed by atoms with Gasteiger partial charge in [0.2, 0.25) is 0 Å². The maximum absolute atomic E-state index is 12.5. The lowest BCUT2D eigenvalue weighted by molar-refractivity contribution is 0.0943. The van der Waals surface area contributed by atoms with Crippen molar-refractivity contribution in [3.8, 4) is 11.5 Å². The van der Waals surface area contributed by atoms with Gasteiger partial charge in [-0.3, -0.25) is 18.7 Å². The molecule has 4 aromatic carbocycles. The van der Waals surface area contributed by atoms with E-state index < -0.39 is 22.5 Å². The van der Waals surface area contributed by atoms with Crippen molar-refractivity contribution in [2.45, 2.75) is 13.1 Å². The van der Waals surface area contributed by atoms with E-state index in [1.165, 1.54) is 31.3 Å². The minimum Gasteiger partial charge on any atom is -0.526 e. The third-order valence-electron chi connectivity index (χ3n) is 7.40. The number of benzene rings is 4. The number of anilines is 4. The third kappa shape index (κ3) is 9.98. The Kier molecular flexibility index (Phi) is 12.7. The van der Waals surface area contributed by atoms with Crippen LogP contribution >= 0.6 is 22.7 Å². The van der Waals surface area contributed by atoms with E-state index in [0.717, 1.165) is 17.4 Å². The smallest absolute Gasteiger partial charge is 0.526 e. The molecule has 269 valence electrons. The molecule has 2 aromatic heterocycles. The summed E-state index contributed by atoms with van der Waals surface area (Å²) in [7, 11) is 1.08. The van der Waals surface area contributed by atoms with Crippen molar-refractivity contribution in [2.24, 2.45) is 0 Å². The van der Waals surface area contributed by atoms with E-state index in [4.69, 9.17) is 9.31 Å². The Labute approximate surface area is 319 Å². The lowest BCUT2D eigenvalue weighted by atomic mass is 10.2. The zero-order chi connectivity index (χ0) is 37.2. The molecule has 0 aliphatic heterocycles. The summed E-state index contributed by atoms with van der Waals surface area (Å²) in [6, 6.07) is 37.6. The van der Waals surface area contributed by atoms with Gasteiger partial charge in [0.05, 0.1) is 24.5 Å². The number of amides is 2. The molecule has 2 amide bonds. The highest BCUT2D eigenvalue weighted by Crippen LogP contribution is 2.36. The molecular formula is C36H30BN4O8S4. The van der Waals surface area contributed by atoms with Crippen LogP contribution in [0.2, 0.25) is 0 Å². The number of hydrogen-bond donors (Lipinski definition) is 4. The van der Waals surface area contributed by atoms with Crippen LogP contribution in [0.5, 0.6) is 11.5 Å². The third-order valence-corrected chi connectivity index (χ3v) is 11.2. The highest BCUT2D eigenvalue weighted by molar-refractivity contribution is 7.81. The van der Waals surface area contributed by atoms with Gasteiger partial charge in [-0.05, 0) is 72.8 Å². The largest absolute Gasteiger partial charge is 0.658 e. The molecule has 6 aromatic rings. The Morgan fingerprint density at radius 2 is 1.00 bits per heavy atom. The predicted octanol–water partition coefficient (Wildman–Crippen LogP) is 7.21. The zero-order valence-electron chi connectivity index (χ0n) is 27.6. The molecule has 2 unspecified atom stereocenters. The molecule has 2 atom stereocenters. The monoisotopic (exact) mass is 785 g/mol. The number of hydrogen-bond acceptors (Lipinski definition) is 8. The lowest BCUT2D eigenvalue weighted by Gasteiger charge is -2.19. The van der Waals surface area contributed by atoms with Gasteiger partial charge in [-0.15, -0.1) is 22.7 Å². The van der Waals surface area contributed by atoms with Gasteiger partial charge in [0.1, 0.15) is 21.5 Å². The minimum atomic E-state index is -2.42. The Hall–Kier alpha value is -5.30. The summed E-state index contributed by atoms with van der Waals surface area (Å²) in [5.74, 6) is 0.172. The molecule has 0 bridgehead atoms. The Bertz CT molecular complexity index is 2070. The first-order chi connectivity index (χ1) is 25.7. The maximum Gasteiger partial charge on any atom is 0.658 e. The van der Waals surface area contributed by atoms with Crippen molar-refractivity contribution < 1.29 is 36.4 Å². The molecule has 2 heterocycles. The molecule has 0 aliphatic rings. The fraction of sp³-hybridized carbons (Fsp3) is 0.0556. The highest BCUT2D eigenvalue weighted by atomic mass is 32.2. The summed E-state index contributed by atoms with van der Waals surface area (Å²) >= 11 is -2.34. The molecule has 4 N–H and O–H groups in total. The number of carbonyl (C=O) groups excluding carboxylic acids is 2. The molecule has 53 heavy (non-hydrogen) atoms. The Balaban J connectivity index is 1.06. The molecule has 6 rings (SSSR count). The maximum atomic E-state index is 12.5. The number of nitrogens with one attached hydrogen (secondary N) is 2.